The number of fused-ring (bicyclic) bond motifs is 4. The standard InChI is InChI=1S/C17H19N5O/c1-10-7-14(12-4-3-11(2)19-8-12)20-16-15(10)21-6-5-13(9-21)22(16)17(18)23/h3-4,7-8,13H,5-6,9H2,1-2H3,(H2,18,23)/t13-/m0/s1. The second-order valence-electron chi connectivity index (χ2n) is 6.28. The fourth-order valence-electron chi connectivity index (χ4n) is 3.59. The minimum Gasteiger partial charge on any atom is -0.366 e. The first-order valence-electron chi connectivity index (χ1n) is 7.83. The molecule has 0 unspecified atom stereocenters. The number of hydrogen-bond acceptors (Lipinski definition) is 4. The molecule has 23 heavy (non-hydrogen) atoms. The number of hydrogen-bond donors (Lipinski definition) is 1. The van der Waals surface area contributed by atoms with Gasteiger partial charge in [-0.05, 0) is 44.0 Å². The van der Waals surface area contributed by atoms with Gasteiger partial charge < -0.3 is 10.6 Å². The minimum atomic E-state index is -0.427. The summed E-state index contributed by atoms with van der Waals surface area (Å²) < 4.78 is 0. The molecule has 4 heterocycles. The summed E-state index contributed by atoms with van der Waals surface area (Å²) in [4.78, 5) is 25.1. The number of nitrogens with two attached hydrogens (primary N) is 1. The zero-order valence-corrected chi connectivity index (χ0v) is 13.3. The number of amides is 2. The first-order valence-corrected chi connectivity index (χ1v) is 7.83. The molecule has 6 nitrogen and oxygen atoms in total. The lowest BCUT2D eigenvalue weighted by atomic mass is 10.1. The molecule has 118 valence electrons. The molecule has 1 fully saturated rings. The van der Waals surface area contributed by atoms with E-state index in [0.29, 0.717) is 5.82 Å². The summed E-state index contributed by atoms with van der Waals surface area (Å²) in [6.07, 6.45) is 2.75. The van der Waals surface area contributed by atoms with Crippen LogP contribution in [0.5, 0.6) is 0 Å². The molecule has 2 aliphatic rings. The van der Waals surface area contributed by atoms with Crippen LogP contribution in [0, 0.1) is 13.8 Å². The molecule has 1 atom stereocenters. The Morgan fingerprint density at radius 2 is 2.17 bits per heavy atom. The highest BCUT2D eigenvalue weighted by Crippen LogP contribution is 2.42. The number of urea groups is 1. The van der Waals surface area contributed by atoms with Gasteiger partial charge in [-0.3, -0.25) is 9.88 Å². The summed E-state index contributed by atoms with van der Waals surface area (Å²) >= 11 is 0. The summed E-state index contributed by atoms with van der Waals surface area (Å²) in [6, 6.07) is 5.72. The highest BCUT2D eigenvalue weighted by atomic mass is 16.2. The monoisotopic (exact) mass is 309 g/mol. The van der Waals surface area contributed by atoms with Crippen LogP contribution in [0.1, 0.15) is 17.7 Å². The molecule has 2 amide bonds. The van der Waals surface area contributed by atoms with Gasteiger partial charge >= 0.3 is 6.03 Å². The predicted molar refractivity (Wildman–Crippen MR) is 89.6 cm³/mol. The normalized spacial score (nSPS) is 19.0. The number of rotatable bonds is 1. The topological polar surface area (TPSA) is 75.4 Å². The van der Waals surface area contributed by atoms with Crippen LogP contribution in [-0.2, 0) is 0 Å². The Balaban J connectivity index is 1.89. The Hall–Kier alpha value is -2.63. The smallest absolute Gasteiger partial charge is 0.320 e. The van der Waals surface area contributed by atoms with Crippen LogP contribution >= 0.6 is 0 Å². The maximum Gasteiger partial charge on any atom is 0.320 e. The highest BCUT2D eigenvalue weighted by Gasteiger charge is 2.40. The second-order valence-corrected chi connectivity index (χ2v) is 6.28. The number of pyridine rings is 2. The van der Waals surface area contributed by atoms with Gasteiger partial charge in [0.1, 0.15) is 0 Å². The molecule has 2 aliphatic heterocycles. The van der Waals surface area contributed by atoms with Gasteiger partial charge in [0.2, 0.25) is 0 Å². The Morgan fingerprint density at radius 3 is 2.87 bits per heavy atom. The molecule has 1 saturated heterocycles. The Morgan fingerprint density at radius 1 is 1.35 bits per heavy atom. The number of anilines is 2. The van der Waals surface area contributed by atoms with Crippen molar-refractivity contribution in [1.29, 1.82) is 0 Å². The van der Waals surface area contributed by atoms with Crippen molar-refractivity contribution in [2.75, 3.05) is 22.9 Å². The molecular weight excluding hydrogens is 290 g/mol. The van der Waals surface area contributed by atoms with E-state index in [-0.39, 0.29) is 6.04 Å². The van der Waals surface area contributed by atoms with Crippen LogP contribution in [0.25, 0.3) is 11.3 Å². The zero-order chi connectivity index (χ0) is 16.1. The molecule has 0 radical (unpaired) electrons. The molecule has 0 saturated carbocycles. The van der Waals surface area contributed by atoms with Gasteiger partial charge in [0, 0.05) is 30.5 Å². The second kappa shape index (κ2) is 4.94. The van der Waals surface area contributed by atoms with Crippen LogP contribution in [0.2, 0.25) is 0 Å². The molecule has 6 heteroatoms. The largest absolute Gasteiger partial charge is 0.366 e. The van der Waals surface area contributed by atoms with Crippen molar-refractivity contribution in [2.45, 2.75) is 26.3 Å². The van der Waals surface area contributed by atoms with E-state index in [9.17, 15) is 4.79 Å². The van der Waals surface area contributed by atoms with Gasteiger partial charge in [0.15, 0.2) is 5.82 Å². The maximum absolute atomic E-state index is 12.0. The van der Waals surface area contributed by atoms with Gasteiger partial charge in [-0.2, -0.15) is 0 Å². The Labute approximate surface area is 134 Å². The quantitative estimate of drug-likeness (QED) is 0.876. The van der Waals surface area contributed by atoms with E-state index in [0.717, 1.165) is 47.7 Å². The molecule has 0 spiro atoms. The molecule has 0 aromatic carbocycles. The van der Waals surface area contributed by atoms with Gasteiger partial charge in [-0.25, -0.2) is 9.78 Å². The van der Waals surface area contributed by atoms with Crippen molar-refractivity contribution in [3.63, 3.8) is 0 Å². The molecule has 0 aliphatic carbocycles. The molecular formula is C17H19N5O. The van der Waals surface area contributed by atoms with Gasteiger partial charge in [-0.15, -0.1) is 0 Å². The predicted octanol–water partition coefficient (Wildman–Crippen LogP) is 2.24. The molecule has 2 bridgehead atoms. The van der Waals surface area contributed by atoms with Crippen LogP contribution in [0.15, 0.2) is 24.4 Å². The van der Waals surface area contributed by atoms with E-state index in [1.165, 1.54) is 0 Å². The van der Waals surface area contributed by atoms with E-state index in [1.807, 2.05) is 25.3 Å². The molecule has 4 rings (SSSR count). The SMILES string of the molecule is Cc1ccc(-c2cc(C)c3c(n2)N(C(N)=O)[C@H]2CCN3C2)cn1. The number of aromatic nitrogens is 2. The van der Waals surface area contributed by atoms with Crippen LogP contribution in [0.4, 0.5) is 16.3 Å². The third-order valence-corrected chi connectivity index (χ3v) is 4.68. The zero-order valence-electron chi connectivity index (χ0n) is 13.3. The number of carbonyl (C=O) groups excluding carboxylic acids is 1. The third-order valence-electron chi connectivity index (χ3n) is 4.68. The summed E-state index contributed by atoms with van der Waals surface area (Å²) in [6.45, 7) is 5.79. The maximum atomic E-state index is 12.0. The molecule has 2 N–H and O–H groups in total. The minimum absolute atomic E-state index is 0.123. The van der Waals surface area contributed by atoms with Gasteiger partial charge in [0.25, 0.3) is 0 Å². The number of carbonyl (C=O) groups is 1. The van der Waals surface area contributed by atoms with Gasteiger partial charge in [0.05, 0.1) is 17.4 Å². The van der Waals surface area contributed by atoms with Crippen LogP contribution < -0.4 is 15.5 Å². The lowest BCUT2D eigenvalue weighted by molar-refractivity contribution is 0.252. The van der Waals surface area contributed by atoms with Crippen molar-refractivity contribution < 1.29 is 4.79 Å². The van der Waals surface area contributed by atoms with E-state index >= 15 is 0 Å². The number of primary amides is 1. The summed E-state index contributed by atoms with van der Waals surface area (Å²) in [5.41, 5.74) is 10.5. The lowest BCUT2D eigenvalue weighted by Crippen LogP contribution is -2.49. The lowest BCUT2D eigenvalue weighted by Gasteiger charge is -2.36. The molecule has 2 aromatic heterocycles. The van der Waals surface area contributed by atoms with Crippen molar-refractivity contribution in [3.05, 3.63) is 35.7 Å². The van der Waals surface area contributed by atoms with Crippen molar-refractivity contribution in [1.82, 2.24) is 9.97 Å². The first kappa shape index (κ1) is 14.0. The van der Waals surface area contributed by atoms with Crippen molar-refractivity contribution in [2.24, 2.45) is 5.73 Å². The Bertz CT molecular complexity index is 786. The fraction of sp³-hybridized carbons (Fsp3) is 0.353. The fourth-order valence-corrected chi connectivity index (χ4v) is 3.59. The Kier molecular flexibility index (Phi) is 3.01. The highest BCUT2D eigenvalue weighted by molar-refractivity contribution is 5.97. The number of nitrogens with zero attached hydrogens (tertiary/aromatic N) is 4. The summed E-state index contributed by atoms with van der Waals surface area (Å²) in [5.74, 6) is 0.682. The van der Waals surface area contributed by atoms with Gasteiger partial charge in [-0.1, -0.05) is 0 Å². The first-order chi connectivity index (χ1) is 11.0. The number of aryl methyl sites for hydroxylation is 2. The average Bonchev–Trinajstić information content (AvgIpc) is 2.90. The average molecular weight is 309 g/mol. The summed E-state index contributed by atoms with van der Waals surface area (Å²) in [5, 5.41) is 0. The van der Waals surface area contributed by atoms with Crippen molar-refractivity contribution in [3.8, 4) is 11.3 Å². The van der Waals surface area contributed by atoms with Crippen LogP contribution in [-0.4, -0.2) is 35.1 Å². The summed E-state index contributed by atoms with van der Waals surface area (Å²) in [7, 11) is 0. The molecule has 2 aromatic rings. The third kappa shape index (κ3) is 2.13. The van der Waals surface area contributed by atoms with E-state index in [1.54, 1.807) is 4.90 Å². The van der Waals surface area contributed by atoms with E-state index < -0.39 is 6.03 Å². The van der Waals surface area contributed by atoms with Crippen molar-refractivity contribution >= 4 is 17.5 Å². The van der Waals surface area contributed by atoms with E-state index in [4.69, 9.17) is 10.7 Å². The van der Waals surface area contributed by atoms with Crippen LogP contribution in [0.3, 0.4) is 0 Å². The van der Waals surface area contributed by atoms with E-state index in [2.05, 4.69) is 22.9 Å².